The average molecular weight is 533 g/mol. The van der Waals surface area contributed by atoms with Crippen LogP contribution in [-0.2, 0) is 11.4 Å². The Labute approximate surface area is 231 Å². The van der Waals surface area contributed by atoms with Gasteiger partial charge in [-0.05, 0) is 80.6 Å². The van der Waals surface area contributed by atoms with Crippen molar-refractivity contribution in [2.45, 2.75) is 96.7 Å². The number of thioether (sulfide) groups is 1. The van der Waals surface area contributed by atoms with E-state index in [1.54, 1.807) is 11.8 Å². The number of carbonyl (C=O) groups excluding carboxylic acids is 1. The van der Waals surface area contributed by atoms with Crippen LogP contribution in [-0.4, -0.2) is 34.7 Å². The van der Waals surface area contributed by atoms with Crippen molar-refractivity contribution in [3.63, 3.8) is 0 Å². The summed E-state index contributed by atoms with van der Waals surface area (Å²) in [6, 6.07) is 14.9. The molecular formula is C32H40N2O3S. The van der Waals surface area contributed by atoms with E-state index >= 15 is 0 Å². The topological polar surface area (TPSA) is 51.1 Å². The molecule has 0 spiro atoms. The van der Waals surface area contributed by atoms with Gasteiger partial charge < -0.3 is 9.47 Å². The average Bonchev–Trinajstić information content (AvgIpc) is 3.23. The lowest BCUT2D eigenvalue weighted by Crippen LogP contribution is -2.41. The maximum absolute atomic E-state index is 13.7. The van der Waals surface area contributed by atoms with Crippen LogP contribution in [0.2, 0.25) is 0 Å². The molecule has 3 fully saturated rings. The fourth-order valence-corrected chi connectivity index (χ4v) is 6.83. The minimum absolute atomic E-state index is 0.106. The van der Waals surface area contributed by atoms with Crippen molar-refractivity contribution in [2.24, 2.45) is 4.99 Å². The molecule has 2 aliphatic carbocycles. The summed E-state index contributed by atoms with van der Waals surface area (Å²) in [4.78, 5) is 21.7. The maximum atomic E-state index is 13.7. The van der Waals surface area contributed by atoms with Crippen LogP contribution in [0.5, 0.6) is 11.5 Å². The Morgan fingerprint density at radius 2 is 1.71 bits per heavy atom. The molecule has 5 rings (SSSR count). The second-order valence-corrected chi connectivity index (χ2v) is 11.7. The van der Waals surface area contributed by atoms with Crippen molar-refractivity contribution < 1.29 is 14.3 Å². The zero-order valence-corrected chi connectivity index (χ0v) is 23.6. The zero-order chi connectivity index (χ0) is 26.3. The molecule has 0 unspecified atom stereocenters. The Hall–Kier alpha value is -2.73. The third-order valence-electron chi connectivity index (χ3n) is 7.69. The fraction of sp³-hybridized carbons (Fsp3) is 0.500. The molecule has 5 nitrogen and oxygen atoms in total. The van der Waals surface area contributed by atoms with Crippen molar-refractivity contribution in [1.29, 1.82) is 0 Å². The number of nitrogens with zero attached hydrogens (tertiary/aromatic N) is 2. The number of hydrogen-bond donors (Lipinski definition) is 0. The van der Waals surface area contributed by atoms with Gasteiger partial charge in [0.15, 0.2) is 16.7 Å². The molecule has 1 aliphatic heterocycles. The molecule has 1 amide bonds. The van der Waals surface area contributed by atoms with Gasteiger partial charge >= 0.3 is 0 Å². The molecule has 0 N–H and O–H groups in total. The van der Waals surface area contributed by atoms with E-state index in [0.29, 0.717) is 30.8 Å². The first-order valence-corrected chi connectivity index (χ1v) is 15.2. The first-order chi connectivity index (χ1) is 18.6. The summed E-state index contributed by atoms with van der Waals surface area (Å²) in [5.74, 6) is 1.52. The van der Waals surface area contributed by atoms with E-state index in [9.17, 15) is 4.79 Å². The van der Waals surface area contributed by atoms with Gasteiger partial charge in [0, 0.05) is 6.04 Å². The van der Waals surface area contributed by atoms with Crippen molar-refractivity contribution in [2.75, 3.05) is 6.61 Å². The van der Waals surface area contributed by atoms with E-state index in [2.05, 4.69) is 25.1 Å². The summed E-state index contributed by atoms with van der Waals surface area (Å²) in [6.07, 6.45) is 13.9. The third-order valence-corrected chi connectivity index (χ3v) is 8.68. The number of rotatable bonds is 8. The van der Waals surface area contributed by atoms with E-state index in [-0.39, 0.29) is 11.9 Å². The second kappa shape index (κ2) is 12.9. The smallest absolute Gasteiger partial charge is 0.266 e. The van der Waals surface area contributed by atoms with Gasteiger partial charge in [0.2, 0.25) is 0 Å². The van der Waals surface area contributed by atoms with E-state index in [4.69, 9.17) is 14.5 Å². The van der Waals surface area contributed by atoms with E-state index in [1.807, 2.05) is 42.2 Å². The third kappa shape index (κ3) is 6.63. The SMILES string of the molecule is CCOc1cc(C=C2SC(=NC3CCCCC3)N(C3CCCCC3)C2=O)ccc1OCc1cccc(C)c1. The molecular weight excluding hydrogens is 492 g/mol. The fourth-order valence-electron chi connectivity index (χ4n) is 5.72. The summed E-state index contributed by atoms with van der Waals surface area (Å²) in [6.45, 7) is 5.08. The minimum Gasteiger partial charge on any atom is -0.490 e. The summed E-state index contributed by atoms with van der Waals surface area (Å²) in [5, 5.41) is 0.920. The van der Waals surface area contributed by atoms with Crippen molar-refractivity contribution >= 4 is 28.9 Å². The van der Waals surface area contributed by atoms with Crippen LogP contribution >= 0.6 is 11.8 Å². The zero-order valence-electron chi connectivity index (χ0n) is 22.8. The number of ether oxygens (including phenoxy) is 2. The van der Waals surface area contributed by atoms with Gasteiger partial charge in [-0.2, -0.15) is 0 Å². The summed E-state index contributed by atoms with van der Waals surface area (Å²) < 4.78 is 12.1. The first-order valence-electron chi connectivity index (χ1n) is 14.4. The van der Waals surface area contributed by atoms with Gasteiger partial charge in [0.1, 0.15) is 6.61 Å². The number of benzene rings is 2. The highest BCUT2D eigenvalue weighted by Gasteiger charge is 2.39. The highest BCUT2D eigenvalue weighted by molar-refractivity contribution is 8.18. The van der Waals surface area contributed by atoms with Crippen LogP contribution in [0.4, 0.5) is 0 Å². The Kier molecular flexibility index (Phi) is 9.10. The minimum atomic E-state index is 0.106. The molecule has 0 atom stereocenters. The lowest BCUT2D eigenvalue weighted by molar-refractivity contribution is -0.124. The van der Waals surface area contributed by atoms with Gasteiger partial charge in [-0.15, -0.1) is 0 Å². The Bertz CT molecular complexity index is 1180. The van der Waals surface area contributed by atoms with Crippen molar-refractivity contribution in [1.82, 2.24) is 4.90 Å². The normalized spacial score (nSPS) is 21.4. The number of hydrogen-bond acceptors (Lipinski definition) is 5. The number of amides is 1. The molecule has 1 saturated heterocycles. The van der Waals surface area contributed by atoms with Crippen LogP contribution < -0.4 is 9.47 Å². The molecule has 3 aliphatic rings. The van der Waals surface area contributed by atoms with Gasteiger partial charge in [-0.1, -0.05) is 74.4 Å². The first kappa shape index (κ1) is 26.9. The Morgan fingerprint density at radius 1 is 0.947 bits per heavy atom. The molecule has 1 heterocycles. The molecule has 0 radical (unpaired) electrons. The standard InChI is InChI=1S/C32H40N2O3S/c1-3-36-29-20-24(17-18-28(29)37-22-25-12-10-11-23(2)19-25)21-30-31(35)34(27-15-8-5-9-16-27)32(38-30)33-26-13-6-4-7-14-26/h10-12,17-21,26-27H,3-9,13-16,22H2,1-2H3. The van der Waals surface area contributed by atoms with E-state index < -0.39 is 0 Å². The van der Waals surface area contributed by atoms with Gasteiger partial charge in [0.25, 0.3) is 5.91 Å². The molecule has 2 aromatic carbocycles. The van der Waals surface area contributed by atoms with Crippen molar-refractivity contribution in [3.8, 4) is 11.5 Å². The maximum Gasteiger partial charge on any atom is 0.266 e. The van der Waals surface area contributed by atoms with Gasteiger partial charge in [0.05, 0.1) is 17.6 Å². The molecule has 0 aromatic heterocycles. The predicted octanol–water partition coefficient (Wildman–Crippen LogP) is 7.91. The molecule has 38 heavy (non-hydrogen) atoms. The molecule has 2 aromatic rings. The molecule has 0 bridgehead atoms. The lowest BCUT2D eigenvalue weighted by atomic mass is 9.94. The summed E-state index contributed by atoms with van der Waals surface area (Å²) in [7, 11) is 0. The number of aryl methyl sites for hydroxylation is 1. The molecule has 2 saturated carbocycles. The highest BCUT2D eigenvalue weighted by atomic mass is 32.2. The summed E-state index contributed by atoms with van der Waals surface area (Å²) in [5.41, 5.74) is 3.28. The predicted molar refractivity (Wildman–Crippen MR) is 157 cm³/mol. The molecule has 202 valence electrons. The monoisotopic (exact) mass is 532 g/mol. The number of aliphatic imine (C=N–C) groups is 1. The quantitative estimate of drug-likeness (QED) is 0.324. The van der Waals surface area contributed by atoms with Crippen LogP contribution in [0, 0.1) is 6.92 Å². The van der Waals surface area contributed by atoms with Crippen LogP contribution in [0.25, 0.3) is 6.08 Å². The molecule has 6 heteroatoms. The number of carbonyl (C=O) groups is 1. The van der Waals surface area contributed by atoms with Crippen LogP contribution in [0.1, 0.15) is 87.8 Å². The Morgan fingerprint density at radius 3 is 2.45 bits per heavy atom. The van der Waals surface area contributed by atoms with Gasteiger partial charge in [-0.3, -0.25) is 14.7 Å². The van der Waals surface area contributed by atoms with Gasteiger partial charge in [-0.25, -0.2) is 0 Å². The number of amidine groups is 1. The summed E-state index contributed by atoms with van der Waals surface area (Å²) >= 11 is 1.56. The Balaban J connectivity index is 1.37. The van der Waals surface area contributed by atoms with E-state index in [0.717, 1.165) is 46.9 Å². The van der Waals surface area contributed by atoms with Crippen LogP contribution in [0.3, 0.4) is 0 Å². The highest BCUT2D eigenvalue weighted by Crippen LogP contribution is 2.39. The van der Waals surface area contributed by atoms with Crippen LogP contribution in [0.15, 0.2) is 52.4 Å². The lowest BCUT2D eigenvalue weighted by Gasteiger charge is -2.31. The van der Waals surface area contributed by atoms with Crippen molar-refractivity contribution in [3.05, 3.63) is 64.1 Å². The second-order valence-electron chi connectivity index (χ2n) is 10.7. The van der Waals surface area contributed by atoms with E-state index in [1.165, 1.54) is 44.1 Å². The largest absolute Gasteiger partial charge is 0.490 e.